The molecule has 0 heterocycles. The van der Waals surface area contributed by atoms with E-state index in [-0.39, 0.29) is 18.4 Å². The van der Waals surface area contributed by atoms with Crippen molar-refractivity contribution in [2.75, 3.05) is 0 Å². The predicted molar refractivity (Wildman–Crippen MR) is 84.8 cm³/mol. The smallest absolute Gasteiger partial charge is 0.416 e. The van der Waals surface area contributed by atoms with Gasteiger partial charge in [0.15, 0.2) is 0 Å². The van der Waals surface area contributed by atoms with Crippen LogP contribution in [0.15, 0.2) is 48.5 Å². The fraction of sp³-hybridized carbons (Fsp3) is 0.222. The van der Waals surface area contributed by atoms with Crippen LogP contribution in [0.3, 0.4) is 0 Å². The van der Waals surface area contributed by atoms with Gasteiger partial charge in [-0.25, -0.2) is 9.18 Å². The fourth-order valence-corrected chi connectivity index (χ4v) is 2.34. The summed E-state index contributed by atoms with van der Waals surface area (Å²) in [6, 6.07) is 7.99. The Morgan fingerprint density at radius 3 is 2.27 bits per heavy atom. The van der Waals surface area contributed by atoms with Crippen molar-refractivity contribution < 1.29 is 32.3 Å². The zero-order valence-corrected chi connectivity index (χ0v) is 13.4. The number of nitrogens with one attached hydrogen (secondary N) is 1. The number of carboxylic acids is 1. The molecule has 0 aromatic heterocycles. The van der Waals surface area contributed by atoms with Crippen molar-refractivity contribution in [3.63, 3.8) is 0 Å². The number of aliphatic carboxylic acids is 1. The molecule has 0 bridgehead atoms. The summed E-state index contributed by atoms with van der Waals surface area (Å²) >= 11 is 0. The molecule has 2 N–H and O–H groups in total. The molecule has 1 atom stereocenters. The van der Waals surface area contributed by atoms with Gasteiger partial charge in [0.2, 0.25) is 5.91 Å². The first-order chi connectivity index (χ1) is 12.1. The van der Waals surface area contributed by atoms with E-state index in [1.165, 1.54) is 36.4 Å². The van der Waals surface area contributed by atoms with Gasteiger partial charge in [0, 0.05) is 6.42 Å². The first-order valence-electron chi connectivity index (χ1n) is 7.58. The maximum atomic E-state index is 12.8. The molecule has 0 aliphatic carbocycles. The predicted octanol–water partition coefficient (Wildman–Crippen LogP) is 3.20. The number of alkyl halides is 3. The average Bonchev–Trinajstić information content (AvgIpc) is 2.56. The highest BCUT2D eigenvalue weighted by Gasteiger charge is 2.31. The van der Waals surface area contributed by atoms with Crippen LogP contribution in [0.5, 0.6) is 0 Å². The number of hydrogen-bond donors (Lipinski definition) is 2. The van der Waals surface area contributed by atoms with Gasteiger partial charge >= 0.3 is 12.1 Å². The Bertz CT molecular complexity index is 788. The van der Waals surface area contributed by atoms with Crippen LogP contribution in [-0.2, 0) is 28.6 Å². The summed E-state index contributed by atoms with van der Waals surface area (Å²) in [7, 11) is 0. The molecule has 26 heavy (non-hydrogen) atoms. The first-order valence-corrected chi connectivity index (χ1v) is 7.58. The molecule has 138 valence electrons. The Balaban J connectivity index is 2.06. The van der Waals surface area contributed by atoms with Crippen LogP contribution in [0.4, 0.5) is 17.6 Å². The second kappa shape index (κ2) is 7.99. The molecule has 2 rings (SSSR count). The van der Waals surface area contributed by atoms with Gasteiger partial charge in [0.25, 0.3) is 0 Å². The number of rotatable bonds is 6. The molecule has 0 radical (unpaired) electrons. The minimum absolute atomic E-state index is 0.134. The van der Waals surface area contributed by atoms with Crippen molar-refractivity contribution in [1.29, 1.82) is 0 Å². The van der Waals surface area contributed by atoms with Crippen LogP contribution in [0, 0.1) is 5.82 Å². The van der Waals surface area contributed by atoms with Crippen molar-refractivity contribution in [3.05, 3.63) is 71.0 Å². The van der Waals surface area contributed by atoms with Gasteiger partial charge in [0.1, 0.15) is 11.9 Å². The number of carbonyl (C=O) groups excluding carboxylic acids is 1. The van der Waals surface area contributed by atoms with Gasteiger partial charge < -0.3 is 10.4 Å². The van der Waals surface area contributed by atoms with Gasteiger partial charge in [0.05, 0.1) is 12.0 Å². The lowest BCUT2D eigenvalue weighted by Gasteiger charge is -2.16. The van der Waals surface area contributed by atoms with E-state index in [1.807, 2.05) is 0 Å². The third kappa shape index (κ3) is 5.58. The van der Waals surface area contributed by atoms with E-state index in [1.54, 1.807) is 0 Å². The highest BCUT2D eigenvalue weighted by molar-refractivity contribution is 5.85. The van der Waals surface area contributed by atoms with E-state index in [0.29, 0.717) is 5.56 Å². The molecule has 2 aromatic carbocycles. The van der Waals surface area contributed by atoms with E-state index >= 15 is 0 Å². The third-order valence-corrected chi connectivity index (χ3v) is 3.61. The molecule has 0 aliphatic rings. The van der Waals surface area contributed by atoms with Crippen LogP contribution in [0.25, 0.3) is 0 Å². The zero-order chi connectivity index (χ0) is 19.3. The molecular formula is C18H15F4NO3. The van der Waals surface area contributed by atoms with Crippen molar-refractivity contribution in [1.82, 2.24) is 5.32 Å². The van der Waals surface area contributed by atoms with Crippen LogP contribution >= 0.6 is 0 Å². The monoisotopic (exact) mass is 369 g/mol. The zero-order valence-electron chi connectivity index (χ0n) is 13.4. The lowest BCUT2D eigenvalue weighted by atomic mass is 10.0. The Labute approximate surface area is 146 Å². The molecule has 1 amide bonds. The summed E-state index contributed by atoms with van der Waals surface area (Å²) in [5.74, 6) is -2.46. The Morgan fingerprint density at radius 1 is 1.04 bits per heavy atom. The molecule has 0 saturated carbocycles. The summed E-state index contributed by atoms with van der Waals surface area (Å²) in [4.78, 5) is 23.3. The van der Waals surface area contributed by atoms with Crippen LogP contribution in [0.2, 0.25) is 0 Å². The number of carbonyl (C=O) groups is 2. The second-order valence-electron chi connectivity index (χ2n) is 5.66. The maximum absolute atomic E-state index is 12.8. The first kappa shape index (κ1) is 19.4. The number of halogens is 4. The molecule has 4 nitrogen and oxygen atoms in total. The molecule has 0 unspecified atom stereocenters. The van der Waals surface area contributed by atoms with Crippen molar-refractivity contribution >= 4 is 11.9 Å². The minimum Gasteiger partial charge on any atom is -0.480 e. The molecule has 0 fully saturated rings. The quantitative estimate of drug-likeness (QED) is 0.769. The average molecular weight is 369 g/mol. The van der Waals surface area contributed by atoms with E-state index in [9.17, 15) is 32.3 Å². The molecule has 0 spiro atoms. The van der Waals surface area contributed by atoms with Crippen LogP contribution in [-0.4, -0.2) is 23.0 Å². The summed E-state index contributed by atoms with van der Waals surface area (Å²) in [5.41, 5.74) is -0.279. The number of benzene rings is 2. The summed E-state index contributed by atoms with van der Waals surface area (Å²) < 4.78 is 51.0. The van der Waals surface area contributed by atoms with Gasteiger partial charge in [-0.3, -0.25) is 4.79 Å². The van der Waals surface area contributed by atoms with E-state index in [0.717, 1.165) is 12.1 Å². The highest BCUT2D eigenvalue weighted by atomic mass is 19.4. The Hall–Kier alpha value is -2.90. The Morgan fingerprint density at radius 2 is 1.69 bits per heavy atom. The topological polar surface area (TPSA) is 66.4 Å². The number of amides is 1. The summed E-state index contributed by atoms with van der Waals surface area (Å²) in [5, 5.41) is 11.5. The van der Waals surface area contributed by atoms with Crippen molar-refractivity contribution in [2.24, 2.45) is 0 Å². The lowest BCUT2D eigenvalue weighted by molar-refractivity contribution is -0.141. The van der Waals surface area contributed by atoms with E-state index < -0.39 is 35.5 Å². The number of carboxylic acid groups (broad SMARTS) is 1. The fourth-order valence-electron chi connectivity index (χ4n) is 2.34. The normalized spacial score (nSPS) is 12.5. The SMILES string of the molecule is O=C(Cc1ccc(F)cc1)N[C@H](Cc1cccc(C(F)(F)F)c1)C(=O)O. The molecule has 8 heteroatoms. The van der Waals surface area contributed by atoms with Crippen LogP contribution in [0.1, 0.15) is 16.7 Å². The molecule has 2 aromatic rings. The van der Waals surface area contributed by atoms with Gasteiger partial charge in [-0.05, 0) is 29.3 Å². The van der Waals surface area contributed by atoms with Crippen LogP contribution < -0.4 is 5.32 Å². The summed E-state index contributed by atoms with van der Waals surface area (Å²) in [6.07, 6.45) is -5.01. The lowest BCUT2D eigenvalue weighted by Crippen LogP contribution is -2.43. The maximum Gasteiger partial charge on any atom is 0.416 e. The second-order valence-corrected chi connectivity index (χ2v) is 5.66. The van der Waals surface area contributed by atoms with Gasteiger partial charge in [-0.1, -0.05) is 30.3 Å². The molecule has 0 saturated heterocycles. The third-order valence-electron chi connectivity index (χ3n) is 3.61. The highest BCUT2D eigenvalue weighted by Crippen LogP contribution is 2.29. The van der Waals surface area contributed by atoms with E-state index in [4.69, 9.17) is 0 Å². The van der Waals surface area contributed by atoms with Crippen molar-refractivity contribution in [3.8, 4) is 0 Å². The van der Waals surface area contributed by atoms with E-state index in [2.05, 4.69) is 5.32 Å². The summed E-state index contributed by atoms with van der Waals surface area (Å²) in [6.45, 7) is 0. The largest absolute Gasteiger partial charge is 0.480 e. The van der Waals surface area contributed by atoms with Gasteiger partial charge in [-0.2, -0.15) is 13.2 Å². The van der Waals surface area contributed by atoms with Gasteiger partial charge in [-0.15, -0.1) is 0 Å². The minimum atomic E-state index is -4.54. The van der Waals surface area contributed by atoms with Crippen molar-refractivity contribution in [2.45, 2.75) is 25.1 Å². The standard InChI is InChI=1S/C18H15F4NO3/c19-14-6-4-11(5-7-14)10-16(24)23-15(17(25)26)9-12-2-1-3-13(8-12)18(20,21)22/h1-8,15H,9-10H2,(H,23,24)(H,25,26)/t15-/m1/s1. The Kier molecular flexibility index (Phi) is 5.97. The molecule has 0 aliphatic heterocycles. The number of hydrogen-bond acceptors (Lipinski definition) is 2. The molecular weight excluding hydrogens is 354 g/mol.